The number of amides is 2. The smallest absolute Gasteiger partial charge is 0.257 e. The number of hydrogen-bond acceptors (Lipinski definition) is 5. The number of likely N-dealkylation sites (tertiary alicyclic amines) is 1. The molecule has 3 aromatic rings. The van der Waals surface area contributed by atoms with Gasteiger partial charge in [0.15, 0.2) is 0 Å². The molecule has 8 nitrogen and oxygen atoms in total. The summed E-state index contributed by atoms with van der Waals surface area (Å²) < 4.78 is 29.9. The van der Waals surface area contributed by atoms with E-state index in [0.29, 0.717) is 53.6 Å². The Kier molecular flexibility index (Phi) is 7.70. The number of benzene rings is 2. The molecule has 36 heavy (non-hydrogen) atoms. The van der Waals surface area contributed by atoms with Gasteiger partial charge in [0.2, 0.25) is 15.9 Å². The molecule has 0 spiro atoms. The summed E-state index contributed by atoms with van der Waals surface area (Å²) in [6.07, 6.45) is 3.50. The highest BCUT2D eigenvalue weighted by Crippen LogP contribution is 2.31. The lowest BCUT2D eigenvalue weighted by Crippen LogP contribution is -2.51. The van der Waals surface area contributed by atoms with Crippen LogP contribution in [-0.4, -0.2) is 49.2 Å². The van der Waals surface area contributed by atoms with E-state index >= 15 is 0 Å². The van der Waals surface area contributed by atoms with E-state index in [9.17, 15) is 18.0 Å². The van der Waals surface area contributed by atoms with Gasteiger partial charge in [-0.2, -0.15) is 0 Å². The van der Waals surface area contributed by atoms with Gasteiger partial charge in [0.1, 0.15) is 0 Å². The molecule has 0 aliphatic carbocycles. The lowest BCUT2D eigenvalue weighted by Gasteiger charge is -2.37. The van der Waals surface area contributed by atoms with Gasteiger partial charge < -0.3 is 10.2 Å². The van der Waals surface area contributed by atoms with E-state index in [1.165, 1.54) is 6.07 Å². The number of nitrogens with one attached hydrogen (secondary N) is 2. The number of aryl methyl sites for hydroxylation is 1. The monoisotopic (exact) mass is 508 g/mol. The van der Waals surface area contributed by atoms with E-state index in [1.54, 1.807) is 49.5 Å². The number of carbonyl (C=O) groups excluding carboxylic acids is 2. The minimum atomic E-state index is -3.85. The molecule has 4 rings (SSSR count). The molecule has 1 fully saturated rings. The number of pyridine rings is 1. The van der Waals surface area contributed by atoms with E-state index in [0.717, 1.165) is 6.42 Å². The van der Waals surface area contributed by atoms with Crippen LogP contribution < -0.4 is 10.0 Å². The zero-order valence-electron chi connectivity index (χ0n) is 20.8. The first kappa shape index (κ1) is 25.8. The summed E-state index contributed by atoms with van der Waals surface area (Å²) in [6.45, 7) is 6.78. The molecule has 0 bridgehead atoms. The van der Waals surface area contributed by atoms with Crippen molar-refractivity contribution in [2.75, 3.05) is 18.4 Å². The first-order valence-electron chi connectivity index (χ1n) is 12.3. The van der Waals surface area contributed by atoms with Crippen LogP contribution in [0.3, 0.4) is 0 Å². The summed E-state index contributed by atoms with van der Waals surface area (Å²) >= 11 is 0. The third kappa shape index (κ3) is 5.42. The molecular formula is C27H32N4O4S. The fourth-order valence-electron chi connectivity index (χ4n) is 4.71. The van der Waals surface area contributed by atoms with Crippen molar-refractivity contribution in [2.45, 2.75) is 51.0 Å². The van der Waals surface area contributed by atoms with Gasteiger partial charge in [0, 0.05) is 53.9 Å². The van der Waals surface area contributed by atoms with Crippen molar-refractivity contribution in [3.05, 3.63) is 66.0 Å². The van der Waals surface area contributed by atoms with Gasteiger partial charge in [-0.25, -0.2) is 13.1 Å². The second-order valence-electron chi connectivity index (χ2n) is 9.33. The number of sulfonamides is 1. The quantitative estimate of drug-likeness (QED) is 0.499. The number of fused-ring (bicyclic) bond motifs is 1. The van der Waals surface area contributed by atoms with Crippen molar-refractivity contribution >= 4 is 38.3 Å². The number of piperidine rings is 1. The maximum Gasteiger partial charge on any atom is 0.257 e. The molecule has 9 heteroatoms. The summed E-state index contributed by atoms with van der Waals surface area (Å²) in [5.74, 6) is -0.199. The van der Waals surface area contributed by atoms with Gasteiger partial charge in [0.05, 0.1) is 10.5 Å². The number of anilines is 1. The average Bonchev–Trinajstić information content (AvgIpc) is 2.85. The molecule has 0 saturated carbocycles. The van der Waals surface area contributed by atoms with E-state index in [4.69, 9.17) is 0 Å². The predicted molar refractivity (Wildman–Crippen MR) is 140 cm³/mol. The van der Waals surface area contributed by atoms with Crippen molar-refractivity contribution in [3.63, 3.8) is 0 Å². The third-order valence-electron chi connectivity index (χ3n) is 6.70. The third-order valence-corrected chi connectivity index (χ3v) is 8.25. The Labute approximate surface area is 212 Å². The van der Waals surface area contributed by atoms with Crippen LogP contribution >= 0.6 is 0 Å². The van der Waals surface area contributed by atoms with Crippen molar-refractivity contribution < 1.29 is 18.0 Å². The van der Waals surface area contributed by atoms with E-state index in [2.05, 4.69) is 15.0 Å². The topological polar surface area (TPSA) is 108 Å². The van der Waals surface area contributed by atoms with Crippen molar-refractivity contribution in [1.82, 2.24) is 14.6 Å². The Balaban J connectivity index is 1.57. The van der Waals surface area contributed by atoms with Gasteiger partial charge >= 0.3 is 0 Å². The Hall–Kier alpha value is -3.30. The van der Waals surface area contributed by atoms with E-state index in [-0.39, 0.29) is 28.7 Å². The maximum absolute atomic E-state index is 13.5. The van der Waals surface area contributed by atoms with Crippen molar-refractivity contribution in [2.24, 2.45) is 5.92 Å². The fraction of sp³-hybridized carbons (Fsp3) is 0.370. The Morgan fingerprint density at radius 2 is 1.83 bits per heavy atom. The molecule has 1 aliphatic heterocycles. The van der Waals surface area contributed by atoms with Crippen molar-refractivity contribution in [3.8, 4) is 0 Å². The number of carbonyl (C=O) groups is 2. The van der Waals surface area contributed by atoms with Gasteiger partial charge in [0.25, 0.3) is 5.91 Å². The zero-order chi connectivity index (χ0) is 25.9. The van der Waals surface area contributed by atoms with Crippen LogP contribution in [-0.2, 0) is 14.8 Å². The van der Waals surface area contributed by atoms with Crippen LogP contribution in [0, 0.1) is 12.8 Å². The van der Waals surface area contributed by atoms with E-state index < -0.39 is 10.0 Å². The van der Waals surface area contributed by atoms with Gasteiger partial charge in [-0.3, -0.25) is 14.6 Å². The van der Waals surface area contributed by atoms with Crippen LogP contribution in [0.25, 0.3) is 10.8 Å². The predicted octanol–water partition coefficient (Wildman–Crippen LogP) is 4.11. The van der Waals surface area contributed by atoms with Crippen LogP contribution in [0.4, 0.5) is 5.69 Å². The molecule has 2 aromatic carbocycles. The molecule has 1 aliphatic rings. The van der Waals surface area contributed by atoms with Crippen LogP contribution in [0.1, 0.15) is 49.2 Å². The molecule has 2 atom stereocenters. The van der Waals surface area contributed by atoms with Gasteiger partial charge in [-0.1, -0.05) is 38.1 Å². The minimum absolute atomic E-state index is 0.0121. The van der Waals surface area contributed by atoms with Gasteiger partial charge in [-0.05, 0) is 49.9 Å². The van der Waals surface area contributed by atoms with Crippen LogP contribution in [0.2, 0.25) is 0 Å². The lowest BCUT2D eigenvalue weighted by molar-refractivity contribution is -0.133. The second-order valence-corrected chi connectivity index (χ2v) is 11.0. The molecule has 0 unspecified atom stereocenters. The molecule has 1 saturated heterocycles. The normalized spacial score (nSPS) is 18.2. The zero-order valence-corrected chi connectivity index (χ0v) is 21.6. The summed E-state index contributed by atoms with van der Waals surface area (Å²) in [5.41, 5.74) is 1.59. The molecular weight excluding hydrogens is 476 g/mol. The highest BCUT2D eigenvalue weighted by atomic mass is 32.2. The first-order chi connectivity index (χ1) is 17.2. The number of aromatic nitrogens is 1. The molecule has 0 radical (unpaired) electrons. The van der Waals surface area contributed by atoms with Crippen molar-refractivity contribution in [1.29, 1.82) is 0 Å². The standard InChI is InChI=1S/C27H32N4O4S/c1-4-8-26(32)31-16-14-23(18(2)17-31)30-36(34,35)25-13-12-24(21-9-5-6-10-22(21)25)29-27(33)20-11-7-15-28-19(20)3/h5-7,9-13,15,18,23,30H,4,8,14,16-17H2,1-3H3,(H,29,33)/t18-,23+/m1/s1. The first-order valence-corrected chi connectivity index (χ1v) is 13.7. The Morgan fingerprint density at radius 3 is 2.53 bits per heavy atom. The van der Waals surface area contributed by atoms with Crippen LogP contribution in [0.5, 0.6) is 0 Å². The van der Waals surface area contributed by atoms with E-state index in [1.807, 2.05) is 24.8 Å². The second kappa shape index (κ2) is 10.8. The fourth-order valence-corrected chi connectivity index (χ4v) is 6.30. The average molecular weight is 509 g/mol. The number of hydrogen-bond donors (Lipinski definition) is 2. The summed E-state index contributed by atoms with van der Waals surface area (Å²) in [6, 6.07) is 13.4. The number of nitrogens with zero attached hydrogens (tertiary/aromatic N) is 2. The Bertz CT molecular complexity index is 1390. The lowest BCUT2D eigenvalue weighted by atomic mass is 9.94. The molecule has 2 heterocycles. The highest BCUT2D eigenvalue weighted by molar-refractivity contribution is 7.89. The summed E-state index contributed by atoms with van der Waals surface area (Å²) in [4.78, 5) is 31.3. The number of rotatable bonds is 7. The Morgan fingerprint density at radius 1 is 1.08 bits per heavy atom. The largest absolute Gasteiger partial charge is 0.342 e. The molecule has 2 amide bonds. The molecule has 1 aromatic heterocycles. The maximum atomic E-state index is 13.5. The SMILES string of the molecule is CCCC(=O)N1CC[C@H](NS(=O)(=O)c2ccc(NC(=O)c3cccnc3C)c3ccccc23)[C@H](C)C1. The molecule has 2 N–H and O–H groups in total. The summed E-state index contributed by atoms with van der Waals surface area (Å²) in [7, 11) is -3.85. The molecule has 190 valence electrons. The highest BCUT2D eigenvalue weighted by Gasteiger charge is 2.32. The summed E-state index contributed by atoms with van der Waals surface area (Å²) in [5, 5.41) is 4.05. The minimum Gasteiger partial charge on any atom is -0.342 e. The van der Waals surface area contributed by atoms with Gasteiger partial charge in [-0.15, -0.1) is 0 Å². The van der Waals surface area contributed by atoms with Crippen LogP contribution in [0.15, 0.2) is 59.6 Å².